The van der Waals surface area contributed by atoms with Crippen LogP contribution in [0.2, 0.25) is 0 Å². The van der Waals surface area contributed by atoms with E-state index in [9.17, 15) is 0 Å². The number of hydrogen-bond acceptors (Lipinski definition) is 4. The zero-order chi connectivity index (χ0) is 15.2. The predicted octanol–water partition coefficient (Wildman–Crippen LogP) is 3.73. The maximum Gasteiger partial charge on any atom is 0.157 e. The van der Waals surface area contributed by atoms with Crippen molar-refractivity contribution in [3.63, 3.8) is 0 Å². The number of methoxy groups -OCH3 is 1. The molecule has 1 aromatic carbocycles. The van der Waals surface area contributed by atoms with Gasteiger partial charge in [-0.25, -0.2) is 9.97 Å². The lowest BCUT2D eigenvalue weighted by Gasteiger charge is -2.12. The van der Waals surface area contributed by atoms with Crippen LogP contribution in [0.5, 0.6) is 0 Å². The average Bonchev–Trinajstić information content (AvgIpc) is 2.48. The Hall–Kier alpha value is -1.94. The molecule has 0 unspecified atom stereocenters. The zero-order valence-corrected chi connectivity index (χ0v) is 13.2. The lowest BCUT2D eigenvalue weighted by molar-refractivity contribution is 0.178. The van der Waals surface area contributed by atoms with Gasteiger partial charge in [0, 0.05) is 25.3 Å². The molecular formula is C17H23N3O. The van der Waals surface area contributed by atoms with Gasteiger partial charge in [-0.2, -0.15) is 0 Å². The molecule has 1 N–H and O–H groups in total. The molecule has 21 heavy (non-hydrogen) atoms. The number of benzene rings is 1. The van der Waals surface area contributed by atoms with E-state index in [-0.39, 0.29) is 0 Å². The summed E-state index contributed by atoms with van der Waals surface area (Å²) in [6.45, 7) is 7.69. The van der Waals surface area contributed by atoms with Crippen molar-refractivity contribution in [1.82, 2.24) is 9.97 Å². The summed E-state index contributed by atoms with van der Waals surface area (Å²) in [5, 5.41) is 3.33. The van der Waals surface area contributed by atoms with Gasteiger partial charge in [0.1, 0.15) is 12.4 Å². The van der Waals surface area contributed by atoms with Gasteiger partial charge in [-0.1, -0.05) is 25.1 Å². The molecule has 4 heteroatoms. The van der Waals surface area contributed by atoms with Gasteiger partial charge in [-0.15, -0.1) is 0 Å². The Bertz CT molecular complexity index is 611. The molecule has 0 aliphatic rings. The molecule has 0 fully saturated rings. The van der Waals surface area contributed by atoms with Gasteiger partial charge in [0.2, 0.25) is 0 Å². The third-order valence-corrected chi connectivity index (χ3v) is 3.48. The summed E-state index contributed by atoms with van der Waals surface area (Å²) in [4.78, 5) is 9.12. The van der Waals surface area contributed by atoms with Crippen molar-refractivity contribution >= 4 is 5.82 Å². The van der Waals surface area contributed by atoms with E-state index in [2.05, 4.69) is 54.3 Å². The molecule has 0 saturated carbocycles. The van der Waals surface area contributed by atoms with Gasteiger partial charge in [-0.3, -0.25) is 0 Å². The first-order chi connectivity index (χ1) is 10.2. The smallest absolute Gasteiger partial charge is 0.157 e. The van der Waals surface area contributed by atoms with Crippen LogP contribution in [-0.2, 0) is 11.3 Å². The second-order valence-electron chi connectivity index (χ2n) is 5.16. The summed E-state index contributed by atoms with van der Waals surface area (Å²) in [5.41, 5.74) is 4.61. The van der Waals surface area contributed by atoms with Crippen molar-refractivity contribution < 1.29 is 4.74 Å². The highest BCUT2D eigenvalue weighted by Gasteiger charge is 2.09. The van der Waals surface area contributed by atoms with Crippen LogP contribution in [-0.4, -0.2) is 23.6 Å². The first-order valence-corrected chi connectivity index (χ1v) is 7.33. The molecule has 1 heterocycles. The number of hydrogen-bond donors (Lipinski definition) is 1. The van der Waals surface area contributed by atoms with Gasteiger partial charge in [0.25, 0.3) is 0 Å². The van der Waals surface area contributed by atoms with Crippen LogP contribution >= 0.6 is 0 Å². The highest BCUT2D eigenvalue weighted by atomic mass is 16.5. The fourth-order valence-electron chi connectivity index (χ4n) is 2.20. The van der Waals surface area contributed by atoms with Crippen molar-refractivity contribution in [2.24, 2.45) is 0 Å². The molecule has 0 radical (unpaired) electrons. The molecule has 0 bridgehead atoms. The van der Waals surface area contributed by atoms with Crippen LogP contribution < -0.4 is 5.32 Å². The quantitative estimate of drug-likeness (QED) is 0.878. The van der Waals surface area contributed by atoms with E-state index in [1.54, 1.807) is 7.11 Å². The standard InChI is InChI=1S/C17H23N3O/c1-5-9-18-16-10-15(19-17(20-16)11-21-4)14-8-6-7-12(2)13(14)3/h6-8,10H,5,9,11H2,1-4H3,(H,18,19,20). The van der Waals surface area contributed by atoms with Gasteiger partial charge in [-0.05, 0) is 31.4 Å². The van der Waals surface area contributed by atoms with Gasteiger partial charge >= 0.3 is 0 Å². The van der Waals surface area contributed by atoms with Crippen LogP contribution in [0.3, 0.4) is 0 Å². The number of anilines is 1. The normalized spacial score (nSPS) is 10.7. The summed E-state index contributed by atoms with van der Waals surface area (Å²) in [7, 11) is 1.66. The number of nitrogens with zero attached hydrogens (tertiary/aromatic N) is 2. The Morgan fingerprint density at radius 3 is 2.71 bits per heavy atom. The van der Waals surface area contributed by atoms with Crippen LogP contribution in [0.4, 0.5) is 5.82 Å². The third kappa shape index (κ3) is 3.79. The van der Waals surface area contributed by atoms with Crippen molar-refractivity contribution in [2.45, 2.75) is 33.8 Å². The van der Waals surface area contributed by atoms with Crippen LogP contribution in [0.1, 0.15) is 30.3 Å². The molecule has 0 saturated heterocycles. The molecule has 0 spiro atoms. The minimum absolute atomic E-state index is 0.416. The molecule has 0 amide bonds. The summed E-state index contributed by atoms with van der Waals surface area (Å²) in [5.74, 6) is 1.56. The van der Waals surface area contributed by atoms with E-state index in [1.807, 2.05) is 6.07 Å². The van der Waals surface area contributed by atoms with Crippen molar-refractivity contribution in [3.05, 3.63) is 41.2 Å². The Kier molecular flexibility index (Phi) is 5.28. The molecule has 4 nitrogen and oxygen atoms in total. The molecular weight excluding hydrogens is 262 g/mol. The predicted molar refractivity (Wildman–Crippen MR) is 86.4 cm³/mol. The van der Waals surface area contributed by atoms with E-state index in [0.717, 1.165) is 30.0 Å². The molecule has 0 aliphatic heterocycles. The SMILES string of the molecule is CCCNc1cc(-c2cccc(C)c2C)nc(COC)n1. The Morgan fingerprint density at radius 1 is 1.19 bits per heavy atom. The summed E-state index contributed by atoms with van der Waals surface area (Å²) < 4.78 is 5.18. The minimum atomic E-state index is 0.416. The number of aromatic nitrogens is 2. The maximum atomic E-state index is 5.18. The molecule has 112 valence electrons. The van der Waals surface area contributed by atoms with Gasteiger partial charge in [0.05, 0.1) is 5.69 Å². The highest BCUT2D eigenvalue weighted by molar-refractivity contribution is 5.67. The first-order valence-electron chi connectivity index (χ1n) is 7.33. The van der Waals surface area contributed by atoms with Crippen LogP contribution in [0, 0.1) is 13.8 Å². The number of rotatable bonds is 6. The topological polar surface area (TPSA) is 47.0 Å². The van der Waals surface area contributed by atoms with E-state index >= 15 is 0 Å². The zero-order valence-electron chi connectivity index (χ0n) is 13.2. The van der Waals surface area contributed by atoms with Gasteiger partial charge < -0.3 is 10.1 Å². The molecule has 0 atom stereocenters. The third-order valence-electron chi connectivity index (χ3n) is 3.48. The molecule has 0 aliphatic carbocycles. The Morgan fingerprint density at radius 2 is 2.00 bits per heavy atom. The summed E-state index contributed by atoms with van der Waals surface area (Å²) in [6.07, 6.45) is 1.06. The first kappa shape index (κ1) is 15.4. The number of aryl methyl sites for hydroxylation is 1. The van der Waals surface area contributed by atoms with Crippen LogP contribution in [0.25, 0.3) is 11.3 Å². The minimum Gasteiger partial charge on any atom is -0.377 e. The fraction of sp³-hybridized carbons (Fsp3) is 0.412. The summed E-state index contributed by atoms with van der Waals surface area (Å²) in [6, 6.07) is 8.29. The van der Waals surface area contributed by atoms with E-state index in [4.69, 9.17) is 4.74 Å². The van der Waals surface area contributed by atoms with Gasteiger partial charge in [0.15, 0.2) is 5.82 Å². The van der Waals surface area contributed by atoms with Crippen molar-refractivity contribution in [3.8, 4) is 11.3 Å². The van der Waals surface area contributed by atoms with E-state index in [0.29, 0.717) is 12.4 Å². The second-order valence-corrected chi connectivity index (χ2v) is 5.16. The largest absolute Gasteiger partial charge is 0.377 e. The monoisotopic (exact) mass is 285 g/mol. The van der Waals surface area contributed by atoms with E-state index < -0.39 is 0 Å². The lowest BCUT2D eigenvalue weighted by Crippen LogP contribution is -2.07. The Balaban J connectivity index is 2.45. The second kappa shape index (κ2) is 7.18. The average molecular weight is 285 g/mol. The number of nitrogens with one attached hydrogen (secondary N) is 1. The number of ether oxygens (including phenoxy) is 1. The Labute approximate surface area is 126 Å². The molecule has 2 aromatic rings. The summed E-state index contributed by atoms with van der Waals surface area (Å²) >= 11 is 0. The highest BCUT2D eigenvalue weighted by Crippen LogP contribution is 2.25. The fourth-order valence-corrected chi connectivity index (χ4v) is 2.20. The van der Waals surface area contributed by atoms with Crippen molar-refractivity contribution in [1.29, 1.82) is 0 Å². The molecule has 1 aromatic heterocycles. The van der Waals surface area contributed by atoms with Crippen molar-refractivity contribution in [2.75, 3.05) is 19.0 Å². The lowest BCUT2D eigenvalue weighted by atomic mass is 10.0. The maximum absolute atomic E-state index is 5.18. The van der Waals surface area contributed by atoms with E-state index in [1.165, 1.54) is 11.1 Å². The van der Waals surface area contributed by atoms with Crippen LogP contribution in [0.15, 0.2) is 24.3 Å². The molecule has 2 rings (SSSR count).